The maximum atomic E-state index is 13.7. The first-order valence-corrected chi connectivity index (χ1v) is 11.9. The number of carbonyl (C=O) groups excluding carboxylic acids is 1. The van der Waals surface area contributed by atoms with Gasteiger partial charge in [0.05, 0.1) is 37.1 Å². The highest BCUT2D eigenvalue weighted by Crippen LogP contribution is 2.45. The third kappa shape index (κ3) is 4.26. The van der Waals surface area contributed by atoms with Crippen LogP contribution in [-0.4, -0.2) is 19.5 Å². The van der Waals surface area contributed by atoms with E-state index in [-0.39, 0.29) is 23.7 Å². The van der Waals surface area contributed by atoms with Crippen LogP contribution in [0.2, 0.25) is 0 Å². The number of rotatable bonds is 6. The second-order valence-corrected chi connectivity index (χ2v) is 8.84. The Hall–Kier alpha value is -3.73. The molecule has 0 bridgehead atoms. The monoisotopic (exact) mass is 454 g/mol. The zero-order valence-corrected chi connectivity index (χ0v) is 19.6. The van der Waals surface area contributed by atoms with Crippen LogP contribution in [-0.2, 0) is 4.79 Å². The summed E-state index contributed by atoms with van der Waals surface area (Å²) in [6.07, 6.45) is 3.63. The number of fused-ring (bicyclic) bond motifs is 2. The number of ether oxygens (including phenoxy) is 2. The Kier molecular flexibility index (Phi) is 6.26. The third-order valence-electron chi connectivity index (χ3n) is 6.57. The first-order valence-electron chi connectivity index (χ1n) is 11.9. The Morgan fingerprint density at radius 2 is 1.68 bits per heavy atom. The highest BCUT2D eigenvalue weighted by Gasteiger charge is 2.40. The average molecular weight is 455 g/mol. The van der Waals surface area contributed by atoms with Crippen LogP contribution in [0.25, 0.3) is 0 Å². The Morgan fingerprint density at radius 1 is 0.912 bits per heavy atom. The lowest BCUT2D eigenvalue weighted by Gasteiger charge is -2.32. The first-order chi connectivity index (χ1) is 16.7. The molecule has 0 spiro atoms. The number of carbonyl (C=O) groups is 1. The van der Waals surface area contributed by atoms with E-state index in [1.165, 1.54) is 0 Å². The molecule has 0 unspecified atom stereocenters. The van der Waals surface area contributed by atoms with E-state index in [1.54, 1.807) is 7.11 Å². The summed E-state index contributed by atoms with van der Waals surface area (Å²) in [6.45, 7) is 2.70. The van der Waals surface area contributed by atoms with Crippen molar-refractivity contribution >= 4 is 17.2 Å². The van der Waals surface area contributed by atoms with Gasteiger partial charge in [-0.1, -0.05) is 61.5 Å². The smallest absolute Gasteiger partial charge is 0.161 e. The summed E-state index contributed by atoms with van der Waals surface area (Å²) in [5.74, 6) is 1.33. The van der Waals surface area contributed by atoms with Gasteiger partial charge in [0.2, 0.25) is 0 Å². The molecule has 0 saturated carbocycles. The summed E-state index contributed by atoms with van der Waals surface area (Å²) in [5.41, 5.74) is 5.03. The topological polar surface area (TPSA) is 59.6 Å². The van der Waals surface area contributed by atoms with Gasteiger partial charge in [-0.05, 0) is 41.8 Å². The number of para-hydroxylation sites is 2. The predicted molar refractivity (Wildman–Crippen MR) is 136 cm³/mol. The van der Waals surface area contributed by atoms with Crippen molar-refractivity contribution in [3.8, 4) is 11.5 Å². The lowest BCUT2D eigenvalue weighted by molar-refractivity contribution is -0.122. The minimum absolute atomic E-state index is 0.0534. The zero-order valence-electron chi connectivity index (χ0n) is 19.6. The Morgan fingerprint density at radius 3 is 2.44 bits per heavy atom. The van der Waals surface area contributed by atoms with Crippen molar-refractivity contribution in [1.29, 1.82) is 0 Å². The summed E-state index contributed by atoms with van der Waals surface area (Å²) >= 11 is 0. The Bertz CT molecular complexity index is 1210. The molecule has 3 aromatic carbocycles. The number of ketones is 1. The van der Waals surface area contributed by atoms with Gasteiger partial charge in [0, 0.05) is 18.0 Å². The van der Waals surface area contributed by atoms with Crippen LogP contribution in [0, 0.1) is 5.92 Å². The van der Waals surface area contributed by atoms with E-state index in [4.69, 9.17) is 9.47 Å². The Labute approximate surface area is 200 Å². The average Bonchev–Trinajstić information content (AvgIpc) is 3.05. The minimum atomic E-state index is -0.334. The fourth-order valence-corrected chi connectivity index (χ4v) is 4.90. The number of nitrogens with one attached hydrogen (secondary N) is 2. The summed E-state index contributed by atoms with van der Waals surface area (Å²) in [4.78, 5) is 13.7. The summed E-state index contributed by atoms with van der Waals surface area (Å²) in [7, 11) is 1.65. The van der Waals surface area contributed by atoms with E-state index in [9.17, 15) is 4.79 Å². The number of allylic oxidation sites excluding steroid dienone is 1. The molecule has 2 N–H and O–H groups in total. The highest BCUT2D eigenvalue weighted by molar-refractivity contribution is 5.90. The molecule has 3 atom stereocenters. The molecule has 0 radical (unpaired) electrons. The minimum Gasteiger partial charge on any atom is -0.493 e. The second-order valence-electron chi connectivity index (χ2n) is 8.84. The summed E-state index contributed by atoms with van der Waals surface area (Å²) in [5, 5.41) is 7.23. The standard InChI is InChI=1S/C29H30N2O3/c1-3-15-34-26-14-13-20(18-27(26)33-2)29-28-24(30-22-11-7-8-12-23(22)31-29)16-21(17-25(28)32)19-9-5-4-6-10-19/h4-14,16,18,21,28-31H,3,15,17H2,1-2H3/t21-,28+,29+/m0/s1. The van der Waals surface area contributed by atoms with Crippen LogP contribution in [0.4, 0.5) is 11.4 Å². The number of methoxy groups -OCH3 is 1. The van der Waals surface area contributed by atoms with Crippen LogP contribution in [0.15, 0.2) is 84.6 Å². The molecular formula is C29H30N2O3. The van der Waals surface area contributed by atoms with Crippen LogP contribution >= 0.6 is 0 Å². The molecule has 1 heterocycles. The number of Topliss-reactive ketones (excluding diaryl/α,β-unsaturated/α-hetero) is 1. The Balaban J connectivity index is 1.58. The van der Waals surface area contributed by atoms with Crippen LogP contribution in [0.1, 0.15) is 42.9 Å². The summed E-state index contributed by atoms with van der Waals surface area (Å²) < 4.78 is 11.5. The van der Waals surface area contributed by atoms with Gasteiger partial charge in [0.1, 0.15) is 5.78 Å². The largest absolute Gasteiger partial charge is 0.493 e. The number of hydrogen-bond donors (Lipinski definition) is 2. The number of anilines is 2. The molecule has 5 nitrogen and oxygen atoms in total. The number of hydrogen-bond acceptors (Lipinski definition) is 5. The van der Waals surface area contributed by atoms with Crippen molar-refractivity contribution in [2.75, 3.05) is 24.4 Å². The van der Waals surface area contributed by atoms with Gasteiger partial charge in [-0.15, -0.1) is 0 Å². The molecular weight excluding hydrogens is 424 g/mol. The first kappa shape index (κ1) is 22.1. The molecule has 3 aromatic rings. The highest BCUT2D eigenvalue weighted by atomic mass is 16.5. The van der Waals surface area contributed by atoms with Crippen molar-refractivity contribution in [2.45, 2.75) is 31.7 Å². The molecule has 0 amide bonds. The number of benzene rings is 3. The van der Waals surface area contributed by atoms with E-state index in [1.807, 2.05) is 60.7 Å². The molecule has 34 heavy (non-hydrogen) atoms. The lowest BCUT2D eigenvalue weighted by Crippen LogP contribution is -2.33. The van der Waals surface area contributed by atoms with Gasteiger partial charge in [0.25, 0.3) is 0 Å². The van der Waals surface area contributed by atoms with Gasteiger partial charge in [-0.3, -0.25) is 4.79 Å². The second kappa shape index (κ2) is 9.64. The maximum absolute atomic E-state index is 13.7. The fraction of sp³-hybridized carbons (Fsp3) is 0.276. The zero-order chi connectivity index (χ0) is 23.5. The van der Waals surface area contributed by atoms with Crippen molar-refractivity contribution < 1.29 is 14.3 Å². The van der Waals surface area contributed by atoms with Gasteiger partial charge < -0.3 is 20.1 Å². The normalized spacial score (nSPS) is 21.2. The van der Waals surface area contributed by atoms with Gasteiger partial charge in [0.15, 0.2) is 11.5 Å². The van der Waals surface area contributed by atoms with Crippen LogP contribution < -0.4 is 20.1 Å². The lowest BCUT2D eigenvalue weighted by atomic mass is 9.76. The molecule has 0 saturated heterocycles. The molecule has 5 heteroatoms. The van der Waals surface area contributed by atoms with E-state index < -0.39 is 0 Å². The molecule has 2 aliphatic rings. The van der Waals surface area contributed by atoms with Gasteiger partial charge >= 0.3 is 0 Å². The van der Waals surface area contributed by atoms with E-state index in [2.05, 4.69) is 35.8 Å². The van der Waals surface area contributed by atoms with Crippen LogP contribution in [0.3, 0.4) is 0 Å². The third-order valence-corrected chi connectivity index (χ3v) is 6.57. The molecule has 174 valence electrons. The van der Waals surface area contributed by atoms with Crippen molar-refractivity contribution in [2.24, 2.45) is 5.92 Å². The quantitative estimate of drug-likeness (QED) is 0.456. The molecule has 5 rings (SSSR count). The SMILES string of the molecule is CCCOc1ccc([C@H]2Nc3ccccc3NC3=C[C@H](c4ccccc4)CC(=O)[C@@H]32)cc1OC. The van der Waals surface area contributed by atoms with Gasteiger partial charge in [-0.2, -0.15) is 0 Å². The van der Waals surface area contributed by atoms with Gasteiger partial charge in [-0.25, -0.2) is 0 Å². The summed E-state index contributed by atoms with van der Waals surface area (Å²) in [6, 6.07) is 24.1. The van der Waals surface area contributed by atoms with E-state index in [0.717, 1.165) is 40.4 Å². The maximum Gasteiger partial charge on any atom is 0.161 e. The van der Waals surface area contributed by atoms with E-state index in [0.29, 0.717) is 18.8 Å². The van der Waals surface area contributed by atoms with E-state index >= 15 is 0 Å². The van der Waals surface area contributed by atoms with Crippen molar-refractivity contribution in [3.63, 3.8) is 0 Å². The van der Waals surface area contributed by atoms with Crippen LogP contribution in [0.5, 0.6) is 11.5 Å². The molecule has 1 aliphatic heterocycles. The molecule has 0 fully saturated rings. The fourth-order valence-electron chi connectivity index (χ4n) is 4.90. The molecule has 1 aliphatic carbocycles. The van der Waals surface area contributed by atoms with Crippen molar-refractivity contribution in [3.05, 3.63) is 95.7 Å². The van der Waals surface area contributed by atoms with Crippen molar-refractivity contribution in [1.82, 2.24) is 0 Å². The molecule has 0 aromatic heterocycles. The predicted octanol–water partition coefficient (Wildman–Crippen LogP) is 6.32.